The van der Waals surface area contributed by atoms with Gasteiger partial charge >= 0.3 is 0 Å². The zero-order chi connectivity index (χ0) is 11.5. The second-order valence-corrected chi connectivity index (χ2v) is 4.10. The highest BCUT2D eigenvalue weighted by Gasteiger charge is 2.18. The lowest BCUT2D eigenvalue weighted by Crippen LogP contribution is -2.38. The molecule has 1 aliphatic rings. The molecule has 1 saturated heterocycles. The number of hydrogen-bond donors (Lipinski definition) is 1. The van der Waals surface area contributed by atoms with Crippen molar-refractivity contribution in [3.8, 4) is 0 Å². The van der Waals surface area contributed by atoms with Gasteiger partial charge in [0, 0.05) is 24.3 Å². The minimum Gasteiger partial charge on any atom is -0.391 e. The van der Waals surface area contributed by atoms with Gasteiger partial charge in [-0.1, -0.05) is 0 Å². The maximum Gasteiger partial charge on any atom is 0.150 e. The molecule has 0 aromatic heterocycles. The first kappa shape index (κ1) is 11.1. The van der Waals surface area contributed by atoms with Gasteiger partial charge in [0.05, 0.1) is 6.10 Å². The van der Waals surface area contributed by atoms with Crippen LogP contribution >= 0.6 is 0 Å². The van der Waals surface area contributed by atoms with Crippen LogP contribution in [0.15, 0.2) is 18.2 Å². The number of aldehydes is 1. The molecule has 1 unspecified atom stereocenters. The first-order valence-corrected chi connectivity index (χ1v) is 5.38. The molecule has 4 heteroatoms. The fourth-order valence-electron chi connectivity index (χ4n) is 2.04. The Morgan fingerprint density at radius 3 is 2.94 bits per heavy atom. The Labute approximate surface area is 93.5 Å². The molecule has 86 valence electrons. The number of carbonyl (C=O) groups excluding carboxylic acids is 1. The van der Waals surface area contributed by atoms with E-state index in [1.54, 1.807) is 6.07 Å². The van der Waals surface area contributed by atoms with Crippen molar-refractivity contribution in [2.24, 2.45) is 0 Å². The number of rotatable bonds is 2. The Morgan fingerprint density at radius 2 is 2.25 bits per heavy atom. The summed E-state index contributed by atoms with van der Waals surface area (Å²) in [6.07, 6.45) is 1.93. The van der Waals surface area contributed by atoms with Gasteiger partial charge in [0.15, 0.2) is 0 Å². The second kappa shape index (κ2) is 4.61. The molecule has 0 radical (unpaired) electrons. The highest BCUT2D eigenvalue weighted by molar-refractivity contribution is 5.77. The first-order chi connectivity index (χ1) is 7.69. The Kier molecular flexibility index (Phi) is 3.19. The van der Waals surface area contributed by atoms with Gasteiger partial charge in [-0.05, 0) is 31.0 Å². The van der Waals surface area contributed by atoms with E-state index in [-0.39, 0.29) is 6.10 Å². The van der Waals surface area contributed by atoms with Crippen LogP contribution in [0.3, 0.4) is 0 Å². The van der Waals surface area contributed by atoms with Crippen LogP contribution in [-0.4, -0.2) is 30.6 Å². The van der Waals surface area contributed by atoms with E-state index in [1.807, 2.05) is 4.90 Å². The third kappa shape index (κ3) is 2.39. The molecular weight excluding hydrogens is 209 g/mol. The lowest BCUT2D eigenvalue weighted by atomic mass is 10.1. The van der Waals surface area contributed by atoms with Gasteiger partial charge in [0.2, 0.25) is 0 Å². The SMILES string of the molecule is O=Cc1cc(F)cc(N2CCCC(O)C2)c1. The van der Waals surface area contributed by atoms with Gasteiger partial charge in [-0.3, -0.25) is 4.79 Å². The van der Waals surface area contributed by atoms with Crippen molar-refractivity contribution in [3.63, 3.8) is 0 Å². The topological polar surface area (TPSA) is 40.5 Å². The van der Waals surface area contributed by atoms with Crippen molar-refractivity contribution in [2.45, 2.75) is 18.9 Å². The Morgan fingerprint density at radius 1 is 1.44 bits per heavy atom. The highest BCUT2D eigenvalue weighted by Crippen LogP contribution is 2.22. The number of piperidine rings is 1. The van der Waals surface area contributed by atoms with E-state index < -0.39 is 5.82 Å². The summed E-state index contributed by atoms with van der Waals surface area (Å²) < 4.78 is 13.2. The standard InChI is InChI=1S/C12H14FNO2/c13-10-4-9(8-15)5-11(6-10)14-3-1-2-12(16)7-14/h4-6,8,12,16H,1-3,7H2. The molecule has 1 atom stereocenters. The maximum absolute atomic E-state index is 13.2. The molecule has 0 amide bonds. The van der Waals surface area contributed by atoms with Crippen molar-refractivity contribution in [1.82, 2.24) is 0 Å². The molecule has 0 saturated carbocycles. The molecule has 1 fully saturated rings. The summed E-state index contributed by atoms with van der Waals surface area (Å²) in [6.45, 7) is 1.29. The van der Waals surface area contributed by atoms with E-state index in [1.165, 1.54) is 12.1 Å². The van der Waals surface area contributed by atoms with E-state index >= 15 is 0 Å². The summed E-state index contributed by atoms with van der Waals surface area (Å²) in [7, 11) is 0. The number of aliphatic hydroxyl groups is 1. The summed E-state index contributed by atoms with van der Waals surface area (Å²) in [5, 5.41) is 9.53. The van der Waals surface area contributed by atoms with Crippen LogP contribution in [0, 0.1) is 5.82 Å². The molecule has 3 nitrogen and oxygen atoms in total. The quantitative estimate of drug-likeness (QED) is 0.774. The third-order valence-electron chi connectivity index (χ3n) is 2.80. The molecule has 0 bridgehead atoms. The predicted octanol–water partition coefficient (Wildman–Crippen LogP) is 1.60. The monoisotopic (exact) mass is 223 g/mol. The number of anilines is 1. The molecule has 16 heavy (non-hydrogen) atoms. The van der Waals surface area contributed by atoms with Gasteiger partial charge < -0.3 is 10.0 Å². The van der Waals surface area contributed by atoms with E-state index in [2.05, 4.69) is 0 Å². The van der Waals surface area contributed by atoms with Crippen LogP contribution in [0.4, 0.5) is 10.1 Å². The van der Waals surface area contributed by atoms with Gasteiger partial charge in [0.25, 0.3) is 0 Å². The highest BCUT2D eigenvalue weighted by atomic mass is 19.1. The Bertz CT molecular complexity index is 395. The van der Waals surface area contributed by atoms with E-state index in [0.717, 1.165) is 19.4 Å². The van der Waals surface area contributed by atoms with Crippen LogP contribution < -0.4 is 4.90 Å². The number of β-amino-alcohol motifs (C(OH)–C–C–N with tert-alkyl or cyclic N) is 1. The molecular formula is C12H14FNO2. The number of carbonyl (C=O) groups is 1. The zero-order valence-electron chi connectivity index (χ0n) is 8.90. The van der Waals surface area contributed by atoms with Crippen molar-refractivity contribution in [3.05, 3.63) is 29.6 Å². The van der Waals surface area contributed by atoms with Crippen LogP contribution in [-0.2, 0) is 0 Å². The smallest absolute Gasteiger partial charge is 0.150 e. The van der Waals surface area contributed by atoms with Crippen molar-refractivity contribution in [1.29, 1.82) is 0 Å². The summed E-state index contributed by atoms with van der Waals surface area (Å²) in [5.41, 5.74) is 0.996. The fraction of sp³-hybridized carbons (Fsp3) is 0.417. The lowest BCUT2D eigenvalue weighted by molar-refractivity contribution is 0.112. The van der Waals surface area contributed by atoms with E-state index in [9.17, 15) is 14.3 Å². The average molecular weight is 223 g/mol. The Hall–Kier alpha value is -1.42. The third-order valence-corrected chi connectivity index (χ3v) is 2.80. The first-order valence-electron chi connectivity index (χ1n) is 5.38. The zero-order valence-corrected chi connectivity index (χ0v) is 8.90. The molecule has 1 N–H and O–H groups in total. The molecule has 1 aromatic rings. The lowest BCUT2D eigenvalue weighted by Gasteiger charge is -2.32. The maximum atomic E-state index is 13.2. The number of benzene rings is 1. The normalized spacial score (nSPS) is 20.9. The minimum absolute atomic E-state index is 0.329. The molecule has 0 aliphatic carbocycles. The van der Waals surface area contributed by atoms with Gasteiger partial charge in [-0.25, -0.2) is 4.39 Å². The minimum atomic E-state index is -0.417. The summed E-state index contributed by atoms with van der Waals surface area (Å²) in [5.74, 6) is -0.417. The predicted molar refractivity (Wildman–Crippen MR) is 59.2 cm³/mol. The fourth-order valence-corrected chi connectivity index (χ4v) is 2.04. The van der Waals surface area contributed by atoms with Crippen molar-refractivity contribution < 1.29 is 14.3 Å². The van der Waals surface area contributed by atoms with Crippen LogP contribution in [0.25, 0.3) is 0 Å². The number of halogens is 1. The van der Waals surface area contributed by atoms with Crippen molar-refractivity contribution in [2.75, 3.05) is 18.0 Å². The molecule has 1 aliphatic heterocycles. The Balaban J connectivity index is 2.24. The second-order valence-electron chi connectivity index (χ2n) is 4.10. The average Bonchev–Trinajstić information content (AvgIpc) is 2.28. The number of hydrogen-bond acceptors (Lipinski definition) is 3. The number of aliphatic hydroxyl groups excluding tert-OH is 1. The number of nitrogens with zero attached hydrogens (tertiary/aromatic N) is 1. The van der Waals surface area contributed by atoms with Crippen molar-refractivity contribution >= 4 is 12.0 Å². The van der Waals surface area contributed by atoms with Gasteiger partial charge in [-0.15, -0.1) is 0 Å². The van der Waals surface area contributed by atoms with Crippen LogP contribution in [0.2, 0.25) is 0 Å². The summed E-state index contributed by atoms with van der Waals surface area (Å²) >= 11 is 0. The molecule has 0 spiro atoms. The van der Waals surface area contributed by atoms with Gasteiger partial charge in [0.1, 0.15) is 12.1 Å². The molecule has 1 aromatic carbocycles. The van der Waals surface area contributed by atoms with Gasteiger partial charge in [-0.2, -0.15) is 0 Å². The van der Waals surface area contributed by atoms with E-state index in [0.29, 0.717) is 24.1 Å². The van der Waals surface area contributed by atoms with Crippen LogP contribution in [0.1, 0.15) is 23.2 Å². The largest absolute Gasteiger partial charge is 0.391 e. The van der Waals surface area contributed by atoms with Crippen LogP contribution in [0.5, 0.6) is 0 Å². The molecule has 2 rings (SSSR count). The molecule has 1 heterocycles. The summed E-state index contributed by atoms with van der Waals surface area (Å²) in [6, 6.07) is 4.25. The summed E-state index contributed by atoms with van der Waals surface area (Å²) in [4.78, 5) is 12.5. The van der Waals surface area contributed by atoms with E-state index in [4.69, 9.17) is 0 Å².